The van der Waals surface area contributed by atoms with Gasteiger partial charge in [0.2, 0.25) is 0 Å². The lowest BCUT2D eigenvalue weighted by Gasteiger charge is -2.36. The van der Waals surface area contributed by atoms with E-state index in [9.17, 15) is 9.18 Å². The van der Waals surface area contributed by atoms with Crippen LogP contribution in [0.3, 0.4) is 0 Å². The Morgan fingerprint density at radius 1 is 1.56 bits per heavy atom. The summed E-state index contributed by atoms with van der Waals surface area (Å²) in [4.78, 5) is 12.5. The van der Waals surface area contributed by atoms with Crippen LogP contribution < -0.4 is 0 Å². The van der Waals surface area contributed by atoms with Gasteiger partial charge in [0.15, 0.2) is 0 Å². The Bertz CT molecular complexity index is 418. The summed E-state index contributed by atoms with van der Waals surface area (Å²) in [7, 11) is 0. The van der Waals surface area contributed by atoms with Crippen molar-refractivity contribution in [2.45, 2.75) is 6.54 Å². The molecule has 5 heteroatoms. The fourth-order valence-corrected chi connectivity index (χ4v) is 1.90. The maximum atomic E-state index is 13.4. The molecule has 1 aliphatic heterocycles. The molecule has 1 fully saturated rings. The standard InChI is InChI=1S/C11H11ClFNO2/c12-9-2-1-7(10(13)3-9)4-14-5-8(6-14)11(15)16/h1-3,8H,4-6H2,(H,15,16). The topological polar surface area (TPSA) is 40.5 Å². The summed E-state index contributed by atoms with van der Waals surface area (Å²) in [6.45, 7) is 1.40. The van der Waals surface area contributed by atoms with Crippen molar-refractivity contribution in [2.24, 2.45) is 5.92 Å². The zero-order valence-electron chi connectivity index (χ0n) is 8.49. The minimum absolute atomic E-state index is 0.310. The molecule has 1 heterocycles. The van der Waals surface area contributed by atoms with Crippen molar-refractivity contribution in [1.29, 1.82) is 0 Å². The highest BCUT2D eigenvalue weighted by Gasteiger charge is 2.32. The quantitative estimate of drug-likeness (QED) is 0.883. The highest BCUT2D eigenvalue weighted by atomic mass is 35.5. The van der Waals surface area contributed by atoms with Crippen LogP contribution in [0.4, 0.5) is 4.39 Å². The van der Waals surface area contributed by atoms with Gasteiger partial charge in [0.1, 0.15) is 5.82 Å². The minimum atomic E-state index is -0.784. The minimum Gasteiger partial charge on any atom is -0.481 e. The van der Waals surface area contributed by atoms with E-state index in [1.807, 2.05) is 4.90 Å². The third-order valence-electron chi connectivity index (χ3n) is 2.72. The number of nitrogens with zero attached hydrogens (tertiary/aromatic N) is 1. The van der Waals surface area contributed by atoms with Crippen LogP contribution in [0.5, 0.6) is 0 Å². The monoisotopic (exact) mass is 243 g/mol. The third kappa shape index (κ3) is 2.33. The van der Waals surface area contributed by atoms with Crippen molar-refractivity contribution in [3.8, 4) is 0 Å². The summed E-state index contributed by atoms with van der Waals surface area (Å²) in [6, 6.07) is 4.53. The van der Waals surface area contributed by atoms with Gasteiger partial charge in [-0.3, -0.25) is 9.69 Å². The molecule has 1 N–H and O–H groups in total. The number of rotatable bonds is 3. The lowest BCUT2D eigenvalue weighted by Crippen LogP contribution is -2.49. The van der Waals surface area contributed by atoms with Gasteiger partial charge in [0, 0.05) is 30.2 Å². The number of benzene rings is 1. The lowest BCUT2D eigenvalue weighted by molar-refractivity contribution is -0.147. The van der Waals surface area contributed by atoms with E-state index in [-0.39, 0.29) is 11.7 Å². The number of likely N-dealkylation sites (tertiary alicyclic amines) is 1. The Labute approximate surface area is 97.4 Å². The lowest BCUT2D eigenvalue weighted by atomic mass is 9.99. The fourth-order valence-electron chi connectivity index (χ4n) is 1.75. The molecule has 0 bridgehead atoms. The average molecular weight is 244 g/mol. The van der Waals surface area contributed by atoms with E-state index in [0.717, 1.165) is 0 Å². The molecule has 0 radical (unpaired) electrons. The molecule has 0 spiro atoms. The van der Waals surface area contributed by atoms with Gasteiger partial charge in [-0.25, -0.2) is 4.39 Å². The molecule has 0 saturated carbocycles. The Balaban J connectivity index is 1.94. The second kappa shape index (κ2) is 4.39. The zero-order valence-corrected chi connectivity index (χ0v) is 9.25. The first-order valence-corrected chi connectivity index (χ1v) is 5.33. The van der Waals surface area contributed by atoms with Crippen LogP contribution in [0, 0.1) is 11.7 Å². The molecular formula is C11H11ClFNO2. The number of carboxylic acid groups (broad SMARTS) is 1. The molecule has 2 rings (SSSR count). The van der Waals surface area contributed by atoms with Crippen LogP contribution in [0.1, 0.15) is 5.56 Å². The van der Waals surface area contributed by atoms with E-state index >= 15 is 0 Å². The normalized spacial score (nSPS) is 17.1. The molecule has 16 heavy (non-hydrogen) atoms. The number of carboxylic acids is 1. The fraction of sp³-hybridized carbons (Fsp3) is 0.364. The Kier molecular flexibility index (Phi) is 3.12. The molecule has 1 aliphatic rings. The second-order valence-corrected chi connectivity index (χ2v) is 4.40. The number of hydrogen-bond acceptors (Lipinski definition) is 2. The van der Waals surface area contributed by atoms with E-state index < -0.39 is 5.97 Å². The molecule has 0 atom stereocenters. The summed E-state index contributed by atoms with van der Waals surface area (Å²) in [5.74, 6) is -1.44. The van der Waals surface area contributed by atoms with Crippen molar-refractivity contribution >= 4 is 17.6 Å². The summed E-state index contributed by atoms with van der Waals surface area (Å²) >= 11 is 5.63. The van der Waals surface area contributed by atoms with Gasteiger partial charge in [-0.2, -0.15) is 0 Å². The predicted octanol–water partition coefficient (Wildman–Crippen LogP) is 2.00. The highest BCUT2D eigenvalue weighted by molar-refractivity contribution is 6.30. The van der Waals surface area contributed by atoms with E-state index in [4.69, 9.17) is 16.7 Å². The maximum Gasteiger partial charge on any atom is 0.309 e. The van der Waals surface area contributed by atoms with Crippen LogP contribution in [0.15, 0.2) is 18.2 Å². The average Bonchev–Trinajstić information content (AvgIpc) is 2.12. The van der Waals surface area contributed by atoms with E-state index in [1.54, 1.807) is 12.1 Å². The SMILES string of the molecule is O=C(O)C1CN(Cc2ccc(Cl)cc2F)C1. The summed E-state index contributed by atoms with van der Waals surface area (Å²) in [5.41, 5.74) is 0.549. The molecule has 86 valence electrons. The van der Waals surface area contributed by atoms with Crippen molar-refractivity contribution in [2.75, 3.05) is 13.1 Å². The molecule has 0 aliphatic carbocycles. The maximum absolute atomic E-state index is 13.4. The molecule has 3 nitrogen and oxygen atoms in total. The smallest absolute Gasteiger partial charge is 0.309 e. The number of carbonyl (C=O) groups is 1. The van der Waals surface area contributed by atoms with Crippen LogP contribution in [0.2, 0.25) is 5.02 Å². The van der Waals surface area contributed by atoms with E-state index in [2.05, 4.69) is 0 Å². The Hall–Kier alpha value is -1.13. The molecular weight excluding hydrogens is 233 g/mol. The van der Waals surface area contributed by atoms with E-state index in [0.29, 0.717) is 30.2 Å². The zero-order chi connectivity index (χ0) is 11.7. The summed E-state index contributed by atoms with van der Waals surface area (Å²) < 4.78 is 13.4. The summed E-state index contributed by atoms with van der Waals surface area (Å²) in [6.07, 6.45) is 0. The van der Waals surface area contributed by atoms with Gasteiger partial charge < -0.3 is 5.11 Å². The molecule has 0 aromatic heterocycles. The van der Waals surface area contributed by atoms with Gasteiger partial charge in [-0.15, -0.1) is 0 Å². The molecule has 1 saturated heterocycles. The first-order valence-electron chi connectivity index (χ1n) is 4.95. The van der Waals surface area contributed by atoms with Crippen LogP contribution in [-0.4, -0.2) is 29.1 Å². The second-order valence-electron chi connectivity index (χ2n) is 3.96. The van der Waals surface area contributed by atoms with Crippen molar-refractivity contribution in [1.82, 2.24) is 4.90 Å². The molecule has 0 unspecified atom stereocenters. The number of hydrogen-bond donors (Lipinski definition) is 1. The molecule has 0 amide bonds. The molecule has 1 aromatic carbocycles. The predicted molar refractivity (Wildman–Crippen MR) is 57.8 cm³/mol. The highest BCUT2D eigenvalue weighted by Crippen LogP contribution is 2.21. The van der Waals surface area contributed by atoms with Gasteiger partial charge >= 0.3 is 5.97 Å². The van der Waals surface area contributed by atoms with Gasteiger partial charge in [-0.1, -0.05) is 17.7 Å². The Morgan fingerprint density at radius 3 is 2.81 bits per heavy atom. The third-order valence-corrected chi connectivity index (χ3v) is 2.95. The van der Waals surface area contributed by atoms with Gasteiger partial charge in [0.05, 0.1) is 5.92 Å². The van der Waals surface area contributed by atoms with Crippen LogP contribution in [-0.2, 0) is 11.3 Å². The molecule has 1 aromatic rings. The number of halogens is 2. The van der Waals surface area contributed by atoms with Crippen LogP contribution >= 0.6 is 11.6 Å². The largest absolute Gasteiger partial charge is 0.481 e. The van der Waals surface area contributed by atoms with Gasteiger partial charge in [0.25, 0.3) is 0 Å². The number of aliphatic carboxylic acids is 1. The van der Waals surface area contributed by atoms with Crippen LogP contribution in [0.25, 0.3) is 0 Å². The summed E-state index contributed by atoms with van der Waals surface area (Å²) in [5, 5.41) is 9.06. The van der Waals surface area contributed by atoms with Crippen molar-refractivity contribution < 1.29 is 14.3 Å². The first kappa shape index (κ1) is 11.4. The Morgan fingerprint density at radius 2 is 2.25 bits per heavy atom. The first-order chi connectivity index (χ1) is 7.56. The van der Waals surface area contributed by atoms with Gasteiger partial charge in [-0.05, 0) is 12.1 Å². The van der Waals surface area contributed by atoms with Crippen molar-refractivity contribution in [3.05, 3.63) is 34.6 Å². The van der Waals surface area contributed by atoms with E-state index in [1.165, 1.54) is 6.07 Å². The van der Waals surface area contributed by atoms with Crippen molar-refractivity contribution in [3.63, 3.8) is 0 Å².